The monoisotopic (exact) mass is 360 g/mol. The molecule has 1 rings (SSSR count). The number of hydrogen-bond acceptors (Lipinski definition) is 1. The minimum absolute atomic E-state index is 0. The zero-order chi connectivity index (χ0) is 9.52. The van der Waals surface area contributed by atoms with E-state index in [1.54, 1.807) is 3.28 Å². The van der Waals surface area contributed by atoms with E-state index in [9.17, 15) is 0 Å². The molecule has 1 nitrogen and oxygen atoms in total. The van der Waals surface area contributed by atoms with E-state index in [4.69, 9.17) is 0 Å². The molecular formula is C11H19Cl3NZr. The zero-order valence-electron chi connectivity index (χ0n) is 9.85. The molecule has 0 heterocycles. The van der Waals surface area contributed by atoms with E-state index >= 15 is 0 Å². The number of halogens is 3. The van der Waals surface area contributed by atoms with Crippen LogP contribution in [0.15, 0.2) is 21.5 Å². The zero-order valence-corrected chi connectivity index (χ0v) is 14.6. The molecule has 1 aliphatic rings. The molecule has 0 bridgehead atoms. The topological polar surface area (TPSA) is 3.24 Å². The van der Waals surface area contributed by atoms with Gasteiger partial charge in [-0.1, -0.05) is 0 Å². The van der Waals surface area contributed by atoms with Crippen molar-refractivity contribution in [2.45, 2.75) is 24.4 Å². The van der Waals surface area contributed by atoms with Crippen molar-refractivity contribution in [1.29, 1.82) is 0 Å². The molecule has 0 aromatic carbocycles. The normalized spacial score (nSPS) is 12.1. The summed E-state index contributed by atoms with van der Waals surface area (Å²) in [6, 6.07) is 0. The maximum absolute atomic E-state index is 2.53. The summed E-state index contributed by atoms with van der Waals surface area (Å²) in [5.41, 5.74) is 0. The second-order valence-corrected chi connectivity index (χ2v) is 6.95. The van der Waals surface area contributed by atoms with Crippen molar-refractivity contribution >= 4 is 0 Å². The molecule has 0 amide bonds. The first-order chi connectivity index (χ1) is 6.36. The molecule has 0 unspecified atom stereocenters. The Kier molecular flexibility index (Phi) is 19.9. The number of allylic oxidation sites excluding steroid dienone is 4. The summed E-state index contributed by atoms with van der Waals surface area (Å²) in [5, 5.41) is 0. The molecular weight excluding hydrogens is 344 g/mol. The van der Waals surface area contributed by atoms with Crippen LogP contribution in [0.3, 0.4) is 0 Å². The van der Waals surface area contributed by atoms with Gasteiger partial charge in [-0.3, -0.25) is 0 Å². The average molecular weight is 363 g/mol. The molecule has 93 valence electrons. The van der Waals surface area contributed by atoms with Crippen LogP contribution in [-0.2, 0) is 23.2 Å². The Bertz CT molecular complexity index is 203. The minimum atomic E-state index is -0.185. The third-order valence-electron chi connectivity index (χ3n) is 2.45. The first-order valence-corrected chi connectivity index (χ1v) is 8.15. The van der Waals surface area contributed by atoms with Gasteiger partial charge in [-0.2, -0.15) is 0 Å². The van der Waals surface area contributed by atoms with Gasteiger partial charge in [0.15, 0.2) is 0 Å². The molecule has 16 heavy (non-hydrogen) atoms. The van der Waals surface area contributed by atoms with Crippen LogP contribution >= 0.6 is 0 Å². The van der Waals surface area contributed by atoms with Crippen LogP contribution in [0, 0.1) is 0 Å². The van der Waals surface area contributed by atoms with Gasteiger partial charge >= 0.3 is 93.7 Å². The van der Waals surface area contributed by atoms with Gasteiger partial charge in [0.2, 0.25) is 0 Å². The Morgan fingerprint density at radius 3 is 2.25 bits per heavy atom. The number of nitrogens with zero attached hydrogens (tertiary/aromatic N) is 1. The van der Waals surface area contributed by atoms with E-state index in [1.807, 2.05) is 0 Å². The summed E-state index contributed by atoms with van der Waals surface area (Å²) in [6.45, 7) is 8.27. The molecule has 0 radical (unpaired) electrons. The van der Waals surface area contributed by atoms with E-state index in [0.717, 1.165) is 0 Å². The second kappa shape index (κ2) is 14.3. The van der Waals surface area contributed by atoms with Crippen molar-refractivity contribution < 1.29 is 60.5 Å². The van der Waals surface area contributed by atoms with Gasteiger partial charge in [-0.05, 0) is 0 Å². The molecule has 0 fully saturated rings. The first kappa shape index (κ1) is 22.4. The fourth-order valence-electron chi connectivity index (χ4n) is 1.49. The Morgan fingerprint density at radius 2 is 1.81 bits per heavy atom. The van der Waals surface area contributed by atoms with Crippen molar-refractivity contribution in [3.8, 4) is 0 Å². The Labute approximate surface area is 130 Å². The molecule has 0 aromatic heterocycles. The van der Waals surface area contributed by atoms with Crippen LogP contribution < -0.4 is 37.2 Å². The van der Waals surface area contributed by atoms with E-state index < -0.39 is 0 Å². The van der Waals surface area contributed by atoms with Gasteiger partial charge in [-0.25, -0.2) is 0 Å². The predicted octanol–water partition coefficient (Wildman–Crippen LogP) is -6.32. The Hall–Kier alpha value is 1.19. The van der Waals surface area contributed by atoms with Crippen molar-refractivity contribution in [3.63, 3.8) is 0 Å². The SMILES string of the molecule is CCN(CC)C[CH2][Zr+3][C]1=CC=CC1.[Cl-].[Cl-].[Cl-]. The molecule has 0 aromatic rings. The summed E-state index contributed by atoms with van der Waals surface area (Å²) in [4.78, 5) is 2.53. The van der Waals surface area contributed by atoms with Crippen LogP contribution in [0.4, 0.5) is 0 Å². The molecule has 0 atom stereocenters. The standard InChI is InChI=1S/C6H14N.C5H5.3ClH.Zr/c1-4-7(5-2)6-3;1-2-4-5-3-1;;;;/h1,4-6H2,2-3H3;1-3H,4H2;3*1H;/q;;;;;+3/p-3. The third kappa shape index (κ3) is 9.25. The first-order valence-electron chi connectivity index (χ1n) is 5.18. The van der Waals surface area contributed by atoms with E-state index in [-0.39, 0.29) is 60.5 Å². The van der Waals surface area contributed by atoms with Gasteiger partial charge in [-0.15, -0.1) is 0 Å². The smallest absolute Gasteiger partial charge is 1.00 e. The van der Waals surface area contributed by atoms with Crippen LogP contribution in [0.1, 0.15) is 20.3 Å². The quantitative estimate of drug-likeness (QED) is 0.454. The third-order valence-corrected chi connectivity index (χ3v) is 5.64. The molecule has 0 saturated carbocycles. The minimum Gasteiger partial charge on any atom is -1.00 e. The Balaban J connectivity index is -0.000000563. The fourth-order valence-corrected chi connectivity index (χ4v) is 4.50. The maximum Gasteiger partial charge on any atom is -1.00 e. The summed E-state index contributed by atoms with van der Waals surface area (Å²) < 4.78 is 3.26. The van der Waals surface area contributed by atoms with Crippen LogP contribution in [0.25, 0.3) is 0 Å². The summed E-state index contributed by atoms with van der Waals surface area (Å²) in [6.07, 6.45) is 8.11. The van der Waals surface area contributed by atoms with Crippen molar-refractivity contribution in [2.75, 3.05) is 19.6 Å². The van der Waals surface area contributed by atoms with Crippen LogP contribution in [0.2, 0.25) is 4.13 Å². The molecule has 1 aliphatic carbocycles. The van der Waals surface area contributed by atoms with Gasteiger partial charge in [0.25, 0.3) is 0 Å². The Morgan fingerprint density at radius 1 is 1.19 bits per heavy atom. The van der Waals surface area contributed by atoms with Crippen molar-refractivity contribution in [1.82, 2.24) is 4.90 Å². The largest absolute Gasteiger partial charge is 1.00 e. The maximum atomic E-state index is 2.53. The predicted molar refractivity (Wildman–Crippen MR) is 54.4 cm³/mol. The fraction of sp³-hybridized carbons (Fsp3) is 0.636. The molecule has 5 heteroatoms. The summed E-state index contributed by atoms with van der Waals surface area (Å²) in [5.74, 6) is 0. The number of rotatable bonds is 6. The number of hydrogen-bond donors (Lipinski definition) is 0. The van der Waals surface area contributed by atoms with E-state index in [2.05, 4.69) is 37.0 Å². The molecule has 0 spiro atoms. The van der Waals surface area contributed by atoms with E-state index in [0.29, 0.717) is 0 Å². The summed E-state index contributed by atoms with van der Waals surface area (Å²) >= 11 is -0.185. The van der Waals surface area contributed by atoms with Crippen molar-refractivity contribution in [2.24, 2.45) is 0 Å². The van der Waals surface area contributed by atoms with Crippen molar-refractivity contribution in [3.05, 3.63) is 21.5 Å². The van der Waals surface area contributed by atoms with Gasteiger partial charge in [0.1, 0.15) is 0 Å². The van der Waals surface area contributed by atoms with Crippen LogP contribution in [-0.4, -0.2) is 24.5 Å². The van der Waals surface area contributed by atoms with Gasteiger partial charge < -0.3 is 37.2 Å². The van der Waals surface area contributed by atoms with Gasteiger partial charge in [0, 0.05) is 0 Å². The summed E-state index contributed by atoms with van der Waals surface area (Å²) in [7, 11) is 0. The molecule has 0 aliphatic heterocycles. The molecule has 0 saturated heterocycles. The van der Waals surface area contributed by atoms with Gasteiger partial charge in [0.05, 0.1) is 0 Å². The van der Waals surface area contributed by atoms with E-state index in [1.165, 1.54) is 30.2 Å². The second-order valence-electron chi connectivity index (χ2n) is 3.28. The molecule has 0 N–H and O–H groups in total. The van der Waals surface area contributed by atoms with Crippen LogP contribution in [0.5, 0.6) is 0 Å². The average Bonchev–Trinajstić information content (AvgIpc) is 2.65.